The van der Waals surface area contributed by atoms with E-state index in [1.807, 2.05) is 0 Å². The van der Waals surface area contributed by atoms with E-state index in [1.54, 1.807) is 14.0 Å². The highest BCUT2D eigenvalue weighted by atomic mass is 35.5. The molecule has 1 aromatic carbocycles. The topological polar surface area (TPSA) is 20.3 Å². The first-order valence-corrected chi connectivity index (χ1v) is 4.51. The normalized spacial score (nSPS) is 10.1. The van der Waals surface area contributed by atoms with Crippen molar-refractivity contribution in [2.75, 3.05) is 11.9 Å². The van der Waals surface area contributed by atoms with Gasteiger partial charge in [-0.25, -0.2) is 4.39 Å². The third-order valence-electron chi connectivity index (χ3n) is 2.06. The summed E-state index contributed by atoms with van der Waals surface area (Å²) in [6.07, 6.45) is 0. The van der Waals surface area contributed by atoms with Gasteiger partial charge in [0, 0.05) is 14.0 Å². The first-order valence-electron chi connectivity index (χ1n) is 4.13. The van der Waals surface area contributed by atoms with Crippen LogP contribution in [0.4, 0.5) is 10.1 Å². The number of amides is 1. The Morgan fingerprint density at radius 3 is 2.57 bits per heavy atom. The summed E-state index contributed by atoms with van der Waals surface area (Å²) < 4.78 is 13.2. The number of carbonyl (C=O) groups excluding carboxylic acids is 1. The SMILES string of the molecule is CC(=O)N(C)c1cc(F)c(C)cc1Cl. The van der Waals surface area contributed by atoms with Gasteiger partial charge in [-0.15, -0.1) is 0 Å². The number of benzene rings is 1. The summed E-state index contributed by atoms with van der Waals surface area (Å²) in [6.45, 7) is 3.02. The van der Waals surface area contributed by atoms with Crippen LogP contribution in [0.15, 0.2) is 12.1 Å². The van der Waals surface area contributed by atoms with Gasteiger partial charge in [0.1, 0.15) is 5.82 Å². The molecule has 0 radical (unpaired) electrons. The number of halogens is 2. The van der Waals surface area contributed by atoms with Crippen molar-refractivity contribution >= 4 is 23.2 Å². The summed E-state index contributed by atoms with van der Waals surface area (Å²) in [5.74, 6) is -0.548. The fourth-order valence-corrected chi connectivity index (χ4v) is 1.41. The van der Waals surface area contributed by atoms with Crippen molar-refractivity contribution in [3.8, 4) is 0 Å². The highest BCUT2D eigenvalue weighted by molar-refractivity contribution is 6.33. The Labute approximate surface area is 87.3 Å². The maximum Gasteiger partial charge on any atom is 0.223 e. The second kappa shape index (κ2) is 3.96. The average molecular weight is 216 g/mol. The molecular weight excluding hydrogens is 205 g/mol. The number of anilines is 1. The number of nitrogens with zero attached hydrogens (tertiary/aromatic N) is 1. The van der Waals surface area contributed by atoms with Crippen LogP contribution in [0.5, 0.6) is 0 Å². The first kappa shape index (κ1) is 11.0. The second-order valence-corrected chi connectivity index (χ2v) is 3.54. The highest BCUT2D eigenvalue weighted by Gasteiger charge is 2.12. The van der Waals surface area contributed by atoms with Crippen LogP contribution in [0.1, 0.15) is 12.5 Å². The number of rotatable bonds is 1. The van der Waals surface area contributed by atoms with Crippen LogP contribution in [0.2, 0.25) is 5.02 Å². The number of hydrogen-bond acceptors (Lipinski definition) is 1. The van der Waals surface area contributed by atoms with E-state index in [4.69, 9.17) is 11.6 Å². The smallest absolute Gasteiger partial charge is 0.223 e. The average Bonchev–Trinajstić information content (AvgIpc) is 2.10. The molecule has 0 saturated carbocycles. The number of hydrogen-bond donors (Lipinski definition) is 0. The summed E-state index contributed by atoms with van der Waals surface area (Å²) >= 11 is 5.88. The maximum atomic E-state index is 13.2. The lowest BCUT2D eigenvalue weighted by Gasteiger charge is -2.17. The third kappa shape index (κ3) is 2.04. The molecular formula is C10H11ClFNO. The van der Waals surface area contributed by atoms with Gasteiger partial charge in [0.15, 0.2) is 0 Å². The molecule has 0 heterocycles. The standard InChI is InChI=1S/C10H11ClFNO/c1-6-4-8(11)10(5-9(6)12)13(3)7(2)14/h4-5H,1-3H3. The molecule has 1 amide bonds. The Morgan fingerprint density at radius 2 is 2.07 bits per heavy atom. The monoisotopic (exact) mass is 215 g/mol. The van der Waals surface area contributed by atoms with E-state index in [2.05, 4.69) is 0 Å². The van der Waals surface area contributed by atoms with E-state index in [1.165, 1.54) is 24.0 Å². The van der Waals surface area contributed by atoms with Gasteiger partial charge in [0.05, 0.1) is 10.7 Å². The first-order chi connectivity index (χ1) is 6.43. The summed E-state index contributed by atoms with van der Waals surface area (Å²) in [5, 5.41) is 0.376. The van der Waals surface area contributed by atoms with E-state index in [0.29, 0.717) is 16.3 Å². The quantitative estimate of drug-likeness (QED) is 0.706. The molecule has 0 aliphatic heterocycles. The van der Waals surface area contributed by atoms with Crippen LogP contribution in [0.3, 0.4) is 0 Å². The Balaban J connectivity index is 3.22. The number of aryl methyl sites for hydroxylation is 1. The van der Waals surface area contributed by atoms with E-state index in [9.17, 15) is 9.18 Å². The maximum absolute atomic E-state index is 13.2. The van der Waals surface area contributed by atoms with E-state index >= 15 is 0 Å². The fourth-order valence-electron chi connectivity index (χ4n) is 1.06. The molecule has 0 atom stereocenters. The predicted molar refractivity (Wildman–Crippen MR) is 55.2 cm³/mol. The van der Waals surface area contributed by atoms with E-state index in [0.717, 1.165) is 0 Å². The lowest BCUT2D eigenvalue weighted by atomic mass is 10.2. The third-order valence-corrected chi connectivity index (χ3v) is 2.36. The van der Waals surface area contributed by atoms with Gasteiger partial charge >= 0.3 is 0 Å². The molecule has 0 aliphatic rings. The van der Waals surface area contributed by atoms with E-state index in [-0.39, 0.29) is 11.7 Å². The molecule has 2 nitrogen and oxygen atoms in total. The van der Waals surface area contributed by atoms with Crippen molar-refractivity contribution in [1.29, 1.82) is 0 Å². The van der Waals surface area contributed by atoms with Crippen molar-refractivity contribution in [2.24, 2.45) is 0 Å². The van der Waals surface area contributed by atoms with Gasteiger partial charge < -0.3 is 4.90 Å². The van der Waals surface area contributed by atoms with Crippen molar-refractivity contribution in [3.05, 3.63) is 28.5 Å². The number of carbonyl (C=O) groups is 1. The van der Waals surface area contributed by atoms with Gasteiger partial charge in [0.25, 0.3) is 0 Å². The Bertz CT molecular complexity index is 379. The summed E-state index contributed by atoms with van der Waals surface area (Å²) in [5.41, 5.74) is 0.859. The van der Waals surface area contributed by atoms with Crippen molar-refractivity contribution in [1.82, 2.24) is 0 Å². The minimum Gasteiger partial charge on any atom is -0.314 e. The van der Waals surface area contributed by atoms with Crippen LogP contribution in [0.25, 0.3) is 0 Å². The minimum atomic E-state index is -0.363. The molecule has 0 aliphatic carbocycles. The lowest BCUT2D eigenvalue weighted by Crippen LogP contribution is -2.23. The lowest BCUT2D eigenvalue weighted by molar-refractivity contribution is -0.116. The minimum absolute atomic E-state index is 0.185. The van der Waals surface area contributed by atoms with Gasteiger partial charge in [-0.3, -0.25) is 4.79 Å². The van der Waals surface area contributed by atoms with Crippen LogP contribution in [-0.2, 0) is 4.79 Å². The molecule has 0 saturated heterocycles. The van der Waals surface area contributed by atoms with Crippen molar-refractivity contribution in [3.63, 3.8) is 0 Å². The molecule has 1 rings (SSSR count). The molecule has 76 valence electrons. The van der Waals surface area contributed by atoms with Crippen LogP contribution in [-0.4, -0.2) is 13.0 Å². The van der Waals surface area contributed by atoms with Gasteiger partial charge in [-0.2, -0.15) is 0 Å². The fraction of sp³-hybridized carbons (Fsp3) is 0.300. The van der Waals surface area contributed by atoms with Crippen LogP contribution < -0.4 is 4.90 Å². The summed E-state index contributed by atoms with van der Waals surface area (Å²) in [6, 6.07) is 2.77. The zero-order valence-corrected chi connectivity index (χ0v) is 9.02. The van der Waals surface area contributed by atoms with Crippen LogP contribution >= 0.6 is 11.6 Å². The molecule has 0 N–H and O–H groups in total. The molecule has 0 spiro atoms. The summed E-state index contributed by atoms with van der Waals surface area (Å²) in [7, 11) is 1.55. The molecule has 0 bridgehead atoms. The zero-order chi connectivity index (χ0) is 10.9. The molecule has 4 heteroatoms. The summed E-state index contributed by atoms with van der Waals surface area (Å²) in [4.78, 5) is 12.3. The van der Waals surface area contributed by atoms with Crippen molar-refractivity contribution in [2.45, 2.75) is 13.8 Å². The van der Waals surface area contributed by atoms with Crippen molar-refractivity contribution < 1.29 is 9.18 Å². The Kier molecular flexibility index (Phi) is 3.11. The second-order valence-electron chi connectivity index (χ2n) is 3.13. The van der Waals surface area contributed by atoms with Gasteiger partial charge in [0.2, 0.25) is 5.91 Å². The molecule has 14 heavy (non-hydrogen) atoms. The Morgan fingerprint density at radius 1 is 1.50 bits per heavy atom. The zero-order valence-electron chi connectivity index (χ0n) is 8.27. The predicted octanol–water partition coefficient (Wildman–Crippen LogP) is 2.77. The largest absolute Gasteiger partial charge is 0.314 e. The Hall–Kier alpha value is -1.09. The highest BCUT2D eigenvalue weighted by Crippen LogP contribution is 2.27. The molecule has 1 aromatic rings. The van der Waals surface area contributed by atoms with Gasteiger partial charge in [-0.1, -0.05) is 11.6 Å². The van der Waals surface area contributed by atoms with Crippen LogP contribution in [0, 0.1) is 12.7 Å². The molecule has 0 aromatic heterocycles. The molecule has 0 fully saturated rings. The van der Waals surface area contributed by atoms with E-state index < -0.39 is 0 Å². The molecule has 0 unspecified atom stereocenters. The van der Waals surface area contributed by atoms with Gasteiger partial charge in [-0.05, 0) is 24.6 Å².